The van der Waals surface area contributed by atoms with Gasteiger partial charge in [-0.1, -0.05) is 28.9 Å². The Balaban J connectivity index is 2.00. The molecule has 0 saturated heterocycles. The number of aromatic nitrogens is 2. The van der Waals surface area contributed by atoms with Crippen LogP contribution >= 0.6 is 11.6 Å². The maximum Gasteiger partial charge on any atom is 0.299 e. The molecule has 2 N–H and O–H groups in total. The number of benzene rings is 2. The summed E-state index contributed by atoms with van der Waals surface area (Å²) in [5.74, 6) is -0.813. The van der Waals surface area contributed by atoms with Crippen LogP contribution in [-0.4, -0.2) is 24.3 Å². The highest BCUT2D eigenvalue weighted by Crippen LogP contribution is 2.24. The number of nitrogens with two attached hydrogens (primary N) is 1. The van der Waals surface area contributed by atoms with Gasteiger partial charge in [0.05, 0.1) is 4.90 Å². The number of halogens is 1. The lowest BCUT2D eigenvalue weighted by atomic mass is 10.1. The molecule has 3 rings (SSSR count). The zero-order chi connectivity index (χ0) is 17.3. The number of rotatable bonds is 4. The first kappa shape index (κ1) is 16.3. The summed E-state index contributed by atoms with van der Waals surface area (Å²) in [6, 6.07) is 12.1. The first-order valence-corrected chi connectivity index (χ1v) is 8.55. The summed E-state index contributed by atoms with van der Waals surface area (Å²) in [5, 5.41) is 9.33. The molecule has 0 saturated carbocycles. The summed E-state index contributed by atoms with van der Waals surface area (Å²) in [5.41, 5.74) is 0.466. The Morgan fingerprint density at radius 3 is 2.42 bits per heavy atom. The van der Waals surface area contributed by atoms with Crippen LogP contribution in [0.25, 0.3) is 11.4 Å². The minimum absolute atomic E-state index is 0.0445. The molecule has 0 aliphatic heterocycles. The van der Waals surface area contributed by atoms with Gasteiger partial charge in [0, 0.05) is 16.1 Å². The second-order valence-corrected chi connectivity index (χ2v) is 6.77. The second-order valence-electron chi connectivity index (χ2n) is 4.80. The van der Waals surface area contributed by atoms with Crippen LogP contribution in [0.4, 0.5) is 0 Å². The molecule has 24 heavy (non-hydrogen) atoms. The van der Waals surface area contributed by atoms with Gasteiger partial charge in [-0.25, -0.2) is 13.6 Å². The number of carbonyl (C=O) groups is 1. The molecule has 1 aromatic heterocycles. The molecule has 0 spiro atoms. The molecule has 9 heteroatoms. The van der Waals surface area contributed by atoms with E-state index in [1.807, 2.05) is 0 Å². The minimum atomic E-state index is -3.97. The van der Waals surface area contributed by atoms with Gasteiger partial charge in [0.1, 0.15) is 0 Å². The third-order valence-corrected chi connectivity index (χ3v) is 4.38. The number of nitrogens with zero attached hydrogens (tertiary/aromatic N) is 2. The van der Waals surface area contributed by atoms with E-state index >= 15 is 0 Å². The predicted molar refractivity (Wildman–Crippen MR) is 86.0 cm³/mol. The number of ketones is 1. The molecule has 0 fully saturated rings. The number of primary sulfonamides is 1. The summed E-state index contributed by atoms with van der Waals surface area (Å²) in [7, 11) is -3.97. The Labute approximate surface area is 142 Å². The summed E-state index contributed by atoms with van der Waals surface area (Å²) >= 11 is 5.78. The Hall–Kier alpha value is -2.55. The van der Waals surface area contributed by atoms with E-state index in [9.17, 15) is 13.2 Å². The highest BCUT2D eigenvalue weighted by atomic mass is 35.5. The fourth-order valence-corrected chi connectivity index (χ4v) is 2.91. The van der Waals surface area contributed by atoms with Crippen molar-refractivity contribution in [3.8, 4) is 11.4 Å². The summed E-state index contributed by atoms with van der Waals surface area (Å²) in [6.07, 6.45) is 0. The maximum atomic E-state index is 12.3. The molecule has 0 amide bonds. The van der Waals surface area contributed by atoms with E-state index < -0.39 is 15.8 Å². The van der Waals surface area contributed by atoms with Crippen molar-refractivity contribution in [2.24, 2.45) is 5.14 Å². The molecule has 0 atom stereocenters. The molecular weight excluding hydrogens is 354 g/mol. The Bertz CT molecular complexity index is 1010. The Morgan fingerprint density at radius 1 is 1.08 bits per heavy atom. The van der Waals surface area contributed by atoms with Crippen molar-refractivity contribution in [3.63, 3.8) is 0 Å². The number of sulfonamides is 1. The van der Waals surface area contributed by atoms with E-state index in [4.69, 9.17) is 21.3 Å². The normalized spacial score (nSPS) is 11.4. The standard InChI is InChI=1S/C15H10ClN3O4S/c16-10-7-5-9(6-8-10)13(20)15-18-14(19-23-15)11-3-1-2-4-12(11)24(17,21)22/h1-8H,(H2,17,21,22). The Morgan fingerprint density at radius 2 is 1.75 bits per heavy atom. The van der Waals surface area contributed by atoms with Crippen LogP contribution in [0, 0.1) is 0 Å². The quantitative estimate of drug-likeness (QED) is 0.711. The van der Waals surface area contributed by atoms with E-state index in [-0.39, 0.29) is 22.2 Å². The molecule has 122 valence electrons. The molecule has 0 aliphatic rings. The van der Waals surface area contributed by atoms with Crippen molar-refractivity contribution in [1.82, 2.24) is 10.1 Å². The van der Waals surface area contributed by atoms with Crippen molar-refractivity contribution in [2.75, 3.05) is 0 Å². The van der Waals surface area contributed by atoms with Gasteiger partial charge in [0.2, 0.25) is 15.8 Å². The second kappa shape index (κ2) is 6.16. The third-order valence-electron chi connectivity index (χ3n) is 3.16. The largest absolute Gasteiger partial charge is 0.330 e. The monoisotopic (exact) mass is 363 g/mol. The zero-order valence-corrected chi connectivity index (χ0v) is 13.6. The summed E-state index contributed by atoms with van der Waals surface area (Å²) in [4.78, 5) is 16.1. The van der Waals surface area contributed by atoms with Crippen LogP contribution < -0.4 is 5.14 Å². The molecule has 3 aromatic rings. The van der Waals surface area contributed by atoms with Crippen molar-refractivity contribution in [1.29, 1.82) is 0 Å². The van der Waals surface area contributed by atoms with Crippen LogP contribution in [-0.2, 0) is 10.0 Å². The fourth-order valence-electron chi connectivity index (χ4n) is 2.05. The lowest BCUT2D eigenvalue weighted by Crippen LogP contribution is -2.13. The lowest BCUT2D eigenvalue weighted by Gasteiger charge is -2.02. The van der Waals surface area contributed by atoms with Crippen LogP contribution in [0.1, 0.15) is 16.2 Å². The van der Waals surface area contributed by atoms with E-state index in [0.717, 1.165) is 0 Å². The van der Waals surface area contributed by atoms with Gasteiger partial charge in [-0.15, -0.1) is 0 Å². The first-order valence-electron chi connectivity index (χ1n) is 6.62. The van der Waals surface area contributed by atoms with Crippen LogP contribution in [0.5, 0.6) is 0 Å². The van der Waals surface area contributed by atoms with E-state index in [1.165, 1.54) is 30.3 Å². The molecular formula is C15H10ClN3O4S. The van der Waals surface area contributed by atoms with E-state index in [1.54, 1.807) is 18.2 Å². The highest BCUT2D eigenvalue weighted by molar-refractivity contribution is 7.89. The van der Waals surface area contributed by atoms with Crippen molar-refractivity contribution in [2.45, 2.75) is 4.90 Å². The molecule has 2 aromatic carbocycles. The van der Waals surface area contributed by atoms with Gasteiger partial charge in [0.25, 0.3) is 11.7 Å². The van der Waals surface area contributed by atoms with Crippen molar-refractivity contribution < 1.29 is 17.7 Å². The molecule has 0 bridgehead atoms. The summed E-state index contributed by atoms with van der Waals surface area (Å²) in [6.45, 7) is 0. The zero-order valence-electron chi connectivity index (χ0n) is 12.0. The predicted octanol–water partition coefficient (Wildman–Crippen LogP) is 2.27. The van der Waals surface area contributed by atoms with Crippen LogP contribution in [0.2, 0.25) is 5.02 Å². The van der Waals surface area contributed by atoms with Gasteiger partial charge in [-0.3, -0.25) is 4.79 Å². The maximum absolute atomic E-state index is 12.3. The third kappa shape index (κ3) is 3.21. The smallest absolute Gasteiger partial charge is 0.299 e. The Kier molecular flexibility index (Phi) is 4.18. The minimum Gasteiger partial charge on any atom is -0.330 e. The van der Waals surface area contributed by atoms with Gasteiger partial charge in [0.15, 0.2) is 0 Å². The number of carbonyl (C=O) groups excluding carboxylic acids is 1. The van der Waals surface area contributed by atoms with Gasteiger partial charge >= 0.3 is 0 Å². The first-order chi connectivity index (χ1) is 11.4. The molecule has 7 nitrogen and oxygen atoms in total. The molecule has 0 aliphatic carbocycles. The van der Waals surface area contributed by atoms with Gasteiger partial charge in [-0.2, -0.15) is 4.98 Å². The SMILES string of the molecule is NS(=O)(=O)c1ccccc1-c1noc(C(=O)c2ccc(Cl)cc2)n1. The molecule has 1 heterocycles. The van der Waals surface area contributed by atoms with Gasteiger partial charge < -0.3 is 4.52 Å². The topological polar surface area (TPSA) is 116 Å². The molecule has 0 radical (unpaired) electrons. The average Bonchev–Trinajstić information content (AvgIpc) is 3.04. The highest BCUT2D eigenvalue weighted by Gasteiger charge is 2.22. The van der Waals surface area contributed by atoms with E-state index in [0.29, 0.717) is 10.6 Å². The fraction of sp³-hybridized carbons (Fsp3) is 0. The van der Waals surface area contributed by atoms with Gasteiger partial charge in [-0.05, 0) is 36.4 Å². The van der Waals surface area contributed by atoms with E-state index in [2.05, 4.69) is 10.1 Å². The van der Waals surface area contributed by atoms with Crippen molar-refractivity contribution in [3.05, 3.63) is 65.0 Å². The summed E-state index contributed by atoms with van der Waals surface area (Å²) < 4.78 is 28.2. The number of hydrogen-bond donors (Lipinski definition) is 1. The number of hydrogen-bond acceptors (Lipinski definition) is 6. The van der Waals surface area contributed by atoms with Crippen LogP contribution in [0.3, 0.4) is 0 Å². The van der Waals surface area contributed by atoms with Crippen LogP contribution in [0.15, 0.2) is 57.9 Å². The van der Waals surface area contributed by atoms with Crippen molar-refractivity contribution >= 4 is 27.4 Å². The molecule has 0 unspecified atom stereocenters. The lowest BCUT2D eigenvalue weighted by molar-refractivity contribution is 0.0994. The average molecular weight is 364 g/mol.